The summed E-state index contributed by atoms with van der Waals surface area (Å²) >= 11 is 6.05. The van der Waals surface area contributed by atoms with Crippen LogP contribution in [0.3, 0.4) is 0 Å². The number of aromatic nitrogens is 1. The van der Waals surface area contributed by atoms with Crippen LogP contribution in [0.2, 0.25) is 5.02 Å². The van der Waals surface area contributed by atoms with Crippen molar-refractivity contribution in [3.05, 3.63) is 64.4 Å². The van der Waals surface area contributed by atoms with Gasteiger partial charge in [0.25, 0.3) is 0 Å². The maximum absolute atomic E-state index is 10.2. The zero-order valence-electron chi connectivity index (χ0n) is 12.1. The first kappa shape index (κ1) is 15.0. The molecule has 2 aromatic rings. The summed E-state index contributed by atoms with van der Waals surface area (Å²) in [4.78, 5) is 4.15. The monoisotopic (exact) mass is 289 g/mol. The first-order chi connectivity index (χ1) is 9.38. The molecule has 0 amide bonds. The van der Waals surface area contributed by atoms with Crippen molar-refractivity contribution in [3.8, 4) is 0 Å². The van der Waals surface area contributed by atoms with E-state index in [2.05, 4.69) is 50.0 Å². The number of pyridine rings is 1. The van der Waals surface area contributed by atoms with Crippen LogP contribution in [-0.4, -0.2) is 10.1 Å². The molecule has 106 valence electrons. The molecule has 0 saturated carbocycles. The van der Waals surface area contributed by atoms with Gasteiger partial charge in [0.15, 0.2) is 0 Å². The molecule has 0 aliphatic rings. The molecule has 0 fully saturated rings. The molecule has 1 N–H and O–H groups in total. The van der Waals surface area contributed by atoms with Crippen molar-refractivity contribution < 1.29 is 5.11 Å². The van der Waals surface area contributed by atoms with Crippen molar-refractivity contribution in [1.29, 1.82) is 0 Å². The Balaban J connectivity index is 2.13. The first-order valence-corrected chi connectivity index (χ1v) is 7.13. The van der Waals surface area contributed by atoms with Crippen molar-refractivity contribution in [2.75, 3.05) is 0 Å². The van der Waals surface area contributed by atoms with Crippen LogP contribution in [0, 0.1) is 0 Å². The van der Waals surface area contributed by atoms with Gasteiger partial charge in [-0.25, -0.2) is 0 Å². The van der Waals surface area contributed by atoms with Gasteiger partial charge in [-0.1, -0.05) is 56.6 Å². The molecular weight excluding hydrogens is 270 g/mol. The van der Waals surface area contributed by atoms with Gasteiger partial charge in [-0.3, -0.25) is 4.98 Å². The highest BCUT2D eigenvalue weighted by Gasteiger charge is 2.15. The minimum absolute atomic E-state index is 0.140. The molecule has 0 radical (unpaired) electrons. The Bertz CT molecular complexity index is 572. The van der Waals surface area contributed by atoms with Gasteiger partial charge in [0, 0.05) is 12.6 Å². The van der Waals surface area contributed by atoms with Crippen LogP contribution in [0.15, 0.2) is 42.6 Å². The maximum Gasteiger partial charge on any atom is 0.101 e. The van der Waals surface area contributed by atoms with Crippen molar-refractivity contribution in [3.63, 3.8) is 0 Å². The molecule has 1 aromatic heterocycles. The minimum atomic E-state index is -0.677. The fourth-order valence-corrected chi connectivity index (χ4v) is 2.35. The van der Waals surface area contributed by atoms with Gasteiger partial charge >= 0.3 is 0 Å². The van der Waals surface area contributed by atoms with Gasteiger partial charge in [0.1, 0.15) is 6.10 Å². The summed E-state index contributed by atoms with van der Waals surface area (Å²) in [5, 5.41) is 10.7. The zero-order chi connectivity index (χ0) is 14.8. The molecule has 1 unspecified atom stereocenters. The smallest absolute Gasteiger partial charge is 0.101 e. The standard InChI is InChI=1S/C17H20ClNO/c1-17(2,3)13-8-6-12(7-9-13)11-15(20)16-14(18)5-4-10-19-16/h4-10,15,20H,11H2,1-3H3. The van der Waals surface area contributed by atoms with Gasteiger partial charge in [-0.05, 0) is 28.7 Å². The maximum atomic E-state index is 10.2. The summed E-state index contributed by atoms with van der Waals surface area (Å²) in [6.45, 7) is 6.56. The van der Waals surface area contributed by atoms with E-state index in [0.29, 0.717) is 17.1 Å². The summed E-state index contributed by atoms with van der Waals surface area (Å²) in [7, 11) is 0. The molecule has 0 bridgehead atoms. The Labute approximate surface area is 125 Å². The van der Waals surface area contributed by atoms with E-state index in [-0.39, 0.29) is 5.41 Å². The van der Waals surface area contributed by atoms with Gasteiger partial charge in [-0.2, -0.15) is 0 Å². The van der Waals surface area contributed by atoms with Crippen LogP contribution in [0.1, 0.15) is 43.7 Å². The van der Waals surface area contributed by atoms with E-state index in [1.807, 2.05) is 0 Å². The average molecular weight is 290 g/mol. The second kappa shape index (κ2) is 5.94. The van der Waals surface area contributed by atoms with Gasteiger partial charge < -0.3 is 5.11 Å². The van der Waals surface area contributed by atoms with Crippen LogP contribution >= 0.6 is 11.6 Å². The lowest BCUT2D eigenvalue weighted by molar-refractivity contribution is 0.173. The number of aliphatic hydroxyl groups excluding tert-OH is 1. The van der Waals surface area contributed by atoms with Crippen molar-refractivity contribution in [2.45, 2.75) is 38.7 Å². The second-order valence-corrected chi connectivity index (χ2v) is 6.44. The molecule has 2 rings (SSSR count). The normalized spacial score (nSPS) is 13.2. The Morgan fingerprint density at radius 1 is 1.15 bits per heavy atom. The molecule has 0 aliphatic heterocycles. The molecular formula is C17H20ClNO. The Morgan fingerprint density at radius 2 is 1.80 bits per heavy atom. The molecule has 2 nitrogen and oxygen atoms in total. The van der Waals surface area contributed by atoms with E-state index in [1.165, 1.54) is 5.56 Å². The highest BCUT2D eigenvalue weighted by atomic mass is 35.5. The van der Waals surface area contributed by atoms with E-state index in [4.69, 9.17) is 11.6 Å². The Kier molecular flexibility index (Phi) is 4.46. The Morgan fingerprint density at radius 3 is 2.35 bits per heavy atom. The molecule has 3 heteroatoms. The van der Waals surface area contributed by atoms with Gasteiger partial charge in [0.2, 0.25) is 0 Å². The molecule has 0 aliphatic carbocycles. The van der Waals surface area contributed by atoms with Crippen molar-refractivity contribution in [1.82, 2.24) is 4.98 Å². The highest BCUT2D eigenvalue weighted by Crippen LogP contribution is 2.26. The van der Waals surface area contributed by atoms with E-state index in [9.17, 15) is 5.11 Å². The predicted octanol–water partition coefficient (Wildman–Crippen LogP) is 4.31. The number of nitrogens with zero attached hydrogens (tertiary/aromatic N) is 1. The van der Waals surface area contributed by atoms with Crippen LogP contribution in [0.25, 0.3) is 0 Å². The fraction of sp³-hybridized carbons (Fsp3) is 0.353. The van der Waals surface area contributed by atoms with E-state index in [0.717, 1.165) is 5.56 Å². The number of benzene rings is 1. The minimum Gasteiger partial charge on any atom is -0.386 e. The summed E-state index contributed by atoms with van der Waals surface area (Å²) in [6, 6.07) is 11.8. The molecule has 20 heavy (non-hydrogen) atoms. The summed E-state index contributed by atoms with van der Waals surface area (Å²) in [5.41, 5.74) is 3.04. The highest BCUT2D eigenvalue weighted by molar-refractivity contribution is 6.31. The summed E-state index contributed by atoms with van der Waals surface area (Å²) in [5.74, 6) is 0. The van der Waals surface area contributed by atoms with E-state index < -0.39 is 6.10 Å². The Hall–Kier alpha value is -1.38. The molecule has 0 spiro atoms. The molecule has 1 aromatic carbocycles. The number of rotatable bonds is 3. The van der Waals surface area contributed by atoms with E-state index in [1.54, 1.807) is 18.3 Å². The van der Waals surface area contributed by atoms with Crippen LogP contribution in [0.4, 0.5) is 0 Å². The van der Waals surface area contributed by atoms with Crippen LogP contribution < -0.4 is 0 Å². The fourth-order valence-electron chi connectivity index (χ4n) is 2.10. The average Bonchev–Trinajstić information content (AvgIpc) is 2.38. The van der Waals surface area contributed by atoms with Gasteiger partial charge in [0.05, 0.1) is 10.7 Å². The van der Waals surface area contributed by atoms with Crippen molar-refractivity contribution >= 4 is 11.6 Å². The first-order valence-electron chi connectivity index (χ1n) is 6.76. The van der Waals surface area contributed by atoms with Crippen LogP contribution in [-0.2, 0) is 11.8 Å². The lowest BCUT2D eigenvalue weighted by atomic mass is 9.86. The van der Waals surface area contributed by atoms with Crippen LogP contribution in [0.5, 0.6) is 0 Å². The third-order valence-corrected chi connectivity index (χ3v) is 3.67. The number of hydrogen-bond donors (Lipinski definition) is 1. The quantitative estimate of drug-likeness (QED) is 0.913. The largest absolute Gasteiger partial charge is 0.386 e. The van der Waals surface area contributed by atoms with Gasteiger partial charge in [-0.15, -0.1) is 0 Å². The number of aliphatic hydroxyl groups is 1. The topological polar surface area (TPSA) is 33.1 Å². The molecule has 0 saturated heterocycles. The number of hydrogen-bond acceptors (Lipinski definition) is 2. The van der Waals surface area contributed by atoms with Crippen molar-refractivity contribution in [2.24, 2.45) is 0 Å². The summed E-state index contributed by atoms with van der Waals surface area (Å²) < 4.78 is 0. The molecule has 1 heterocycles. The predicted molar refractivity (Wildman–Crippen MR) is 83.1 cm³/mol. The lowest BCUT2D eigenvalue weighted by Crippen LogP contribution is -2.11. The number of halogens is 1. The summed E-state index contributed by atoms with van der Waals surface area (Å²) in [6.07, 6.45) is 1.48. The third-order valence-electron chi connectivity index (χ3n) is 3.35. The van der Waals surface area contributed by atoms with E-state index >= 15 is 0 Å². The molecule has 1 atom stereocenters. The zero-order valence-corrected chi connectivity index (χ0v) is 12.9. The second-order valence-electron chi connectivity index (χ2n) is 6.04. The third kappa shape index (κ3) is 3.59. The lowest BCUT2D eigenvalue weighted by Gasteiger charge is -2.19. The SMILES string of the molecule is CC(C)(C)c1ccc(CC(O)c2ncccc2Cl)cc1.